The largest absolute Gasteiger partial charge is 0.339 e. The molecule has 0 aromatic carbocycles. The van der Waals surface area contributed by atoms with E-state index in [0.717, 1.165) is 6.42 Å². The van der Waals surface area contributed by atoms with E-state index >= 15 is 0 Å². The van der Waals surface area contributed by atoms with Gasteiger partial charge in [0.05, 0.1) is 19.8 Å². The molecule has 0 rings (SSSR count). The summed E-state index contributed by atoms with van der Waals surface area (Å²) in [5.41, 5.74) is 0. The maximum Gasteiger partial charge on any atom is 0.338 e. The summed E-state index contributed by atoms with van der Waals surface area (Å²) in [6, 6.07) is 0. The van der Waals surface area contributed by atoms with Crippen LogP contribution in [0.5, 0.6) is 0 Å². The van der Waals surface area contributed by atoms with E-state index in [0.29, 0.717) is 19.8 Å². The summed E-state index contributed by atoms with van der Waals surface area (Å²) < 4.78 is 24.6. The maximum absolute atomic E-state index is 10.0. The van der Waals surface area contributed by atoms with Crippen LogP contribution in [0.1, 0.15) is 27.2 Å². The second kappa shape index (κ2) is 8.41. The highest BCUT2D eigenvalue weighted by atomic mass is 31.2. The summed E-state index contributed by atoms with van der Waals surface area (Å²) in [5.74, 6) is 0. The first-order valence-corrected chi connectivity index (χ1v) is 9.32. The average Bonchev–Trinajstić information content (AvgIpc) is 2.25. The summed E-state index contributed by atoms with van der Waals surface area (Å²) in [7, 11) is -3.95. The zero-order valence-corrected chi connectivity index (χ0v) is 13.1. The van der Waals surface area contributed by atoms with Gasteiger partial charge < -0.3 is 18.5 Å². The Kier molecular flexibility index (Phi) is 8.56. The molecule has 0 aliphatic rings. The molecule has 104 valence electrons. The van der Waals surface area contributed by atoms with E-state index in [2.05, 4.69) is 9.26 Å². The third-order valence-electron chi connectivity index (χ3n) is 1.67. The van der Waals surface area contributed by atoms with Crippen molar-refractivity contribution in [3.05, 3.63) is 0 Å². The number of rotatable bonds is 8. The number of nitrogens with zero attached hydrogens (tertiary/aromatic N) is 2. The molecule has 0 aliphatic carbocycles. The van der Waals surface area contributed by atoms with Gasteiger partial charge in [0.25, 0.3) is 0 Å². The molecule has 0 aliphatic heterocycles. The van der Waals surface area contributed by atoms with E-state index in [4.69, 9.17) is 13.6 Å². The molecule has 2 atom stereocenters. The van der Waals surface area contributed by atoms with Crippen molar-refractivity contribution < 1.29 is 18.5 Å². The first kappa shape index (κ1) is 17.3. The van der Waals surface area contributed by atoms with E-state index in [-0.39, 0.29) is 0 Å². The number of hydrogen-bond donors (Lipinski definition) is 1. The van der Waals surface area contributed by atoms with Crippen molar-refractivity contribution in [3.63, 3.8) is 0 Å². The second-order valence-corrected chi connectivity index (χ2v) is 7.83. The maximum atomic E-state index is 10.0. The molecule has 0 radical (unpaired) electrons. The molecule has 0 saturated heterocycles. The van der Waals surface area contributed by atoms with Gasteiger partial charge in [0.15, 0.2) is 0 Å². The Labute approximate surface area is 104 Å². The topological polar surface area (TPSA) is 72.6 Å². The zero-order chi connectivity index (χ0) is 13.4. The van der Waals surface area contributed by atoms with E-state index in [1.165, 1.54) is 0 Å². The predicted molar refractivity (Wildman–Crippen MR) is 72.3 cm³/mol. The standard InChI is InChI=1S/C9H24N2O4P2/c1-6-9-15-17(10-4,14-8-3)11-16(5,12)13-7-2/h12H,6-9H2,1-5H3. The van der Waals surface area contributed by atoms with Crippen LogP contribution in [0.25, 0.3) is 0 Å². The van der Waals surface area contributed by atoms with Crippen LogP contribution < -0.4 is 0 Å². The van der Waals surface area contributed by atoms with Crippen LogP contribution >= 0.6 is 15.2 Å². The highest BCUT2D eigenvalue weighted by Gasteiger charge is 2.24. The van der Waals surface area contributed by atoms with Gasteiger partial charge in [-0.2, -0.15) is 4.52 Å². The number of hydrogen-bond acceptors (Lipinski definition) is 4. The van der Waals surface area contributed by atoms with Gasteiger partial charge in [-0.25, -0.2) is 4.74 Å². The van der Waals surface area contributed by atoms with E-state index in [1.807, 2.05) is 13.8 Å². The third kappa shape index (κ3) is 6.70. The highest BCUT2D eigenvalue weighted by molar-refractivity contribution is 7.66. The minimum Gasteiger partial charge on any atom is -0.339 e. The van der Waals surface area contributed by atoms with Gasteiger partial charge in [0.1, 0.15) is 0 Å². The van der Waals surface area contributed by atoms with Gasteiger partial charge in [-0.1, -0.05) is 6.92 Å². The molecule has 0 amide bonds. The Morgan fingerprint density at radius 1 is 1.06 bits per heavy atom. The van der Waals surface area contributed by atoms with Crippen LogP contribution in [0, 0.1) is 0 Å². The van der Waals surface area contributed by atoms with Crippen LogP contribution in [0.4, 0.5) is 0 Å². The van der Waals surface area contributed by atoms with Crippen molar-refractivity contribution >= 4 is 15.2 Å². The summed E-state index contributed by atoms with van der Waals surface area (Å²) >= 11 is 0. The summed E-state index contributed by atoms with van der Waals surface area (Å²) in [6.45, 7) is 8.54. The molecule has 0 fully saturated rings. The van der Waals surface area contributed by atoms with Crippen molar-refractivity contribution in [1.82, 2.24) is 0 Å². The molecule has 2 unspecified atom stereocenters. The normalized spacial score (nSPS) is 18.2. The molecule has 17 heavy (non-hydrogen) atoms. The van der Waals surface area contributed by atoms with Crippen LogP contribution in [-0.4, -0.2) is 38.4 Å². The second-order valence-electron chi connectivity index (χ2n) is 3.28. The molecule has 0 heterocycles. The Bertz CT molecular complexity index is 314. The zero-order valence-electron chi connectivity index (χ0n) is 11.3. The van der Waals surface area contributed by atoms with Gasteiger partial charge >= 0.3 is 7.66 Å². The Hall–Kier alpha value is 0.300. The molecular formula is C9H24N2O4P2. The van der Waals surface area contributed by atoms with E-state index < -0.39 is 15.2 Å². The molecule has 0 saturated carbocycles. The molecule has 0 spiro atoms. The molecule has 0 aromatic heterocycles. The lowest BCUT2D eigenvalue weighted by Gasteiger charge is -2.22. The van der Waals surface area contributed by atoms with Crippen molar-refractivity contribution in [3.8, 4) is 0 Å². The van der Waals surface area contributed by atoms with Crippen LogP contribution in [0.3, 0.4) is 0 Å². The summed E-state index contributed by atoms with van der Waals surface area (Å²) in [5, 5.41) is 0. The van der Waals surface area contributed by atoms with Gasteiger partial charge in [0.2, 0.25) is 7.51 Å². The lowest BCUT2D eigenvalue weighted by molar-refractivity contribution is 0.247. The highest BCUT2D eigenvalue weighted by Crippen LogP contribution is 2.62. The summed E-state index contributed by atoms with van der Waals surface area (Å²) in [4.78, 5) is 10.0. The minimum atomic E-state index is -2.82. The van der Waals surface area contributed by atoms with Crippen LogP contribution in [0.2, 0.25) is 0 Å². The molecule has 1 N–H and O–H groups in total. The predicted octanol–water partition coefficient (Wildman–Crippen LogP) is 3.72. The Morgan fingerprint density at radius 2 is 1.65 bits per heavy atom. The van der Waals surface area contributed by atoms with Crippen LogP contribution in [0.15, 0.2) is 9.26 Å². The van der Waals surface area contributed by atoms with Gasteiger partial charge in [0, 0.05) is 13.7 Å². The fraction of sp³-hybridized carbons (Fsp3) is 1.00. The fourth-order valence-electron chi connectivity index (χ4n) is 1.10. The van der Waals surface area contributed by atoms with Crippen molar-refractivity contribution in [1.29, 1.82) is 0 Å². The van der Waals surface area contributed by atoms with Gasteiger partial charge in [-0.15, -0.1) is 0 Å². The lowest BCUT2D eigenvalue weighted by Crippen LogP contribution is -1.97. The average molecular weight is 286 g/mol. The van der Waals surface area contributed by atoms with Crippen molar-refractivity contribution in [2.45, 2.75) is 27.2 Å². The summed E-state index contributed by atoms with van der Waals surface area (Å²) in [6.07, 6.45) is 0.842. The quantitative estimate of drug-likeness (QED) is 0.690. The molecule has 8 heteroatoms. The van der Waals surface area contributed by atoms with E-state index in [1.54, 1.807) is 20.6 Å². The molecule has 0 aromatic rings. The van der Waals surface area contributed by atoms with Crippen molar-refractivity contribution in [2.24, 2.45) is 9.26 Å². The molecular weight excluding hydrogens is 262 g/mol. The SMILES string of the molecule is CCCOP(N=P(C)(O)OCC)(=NC)OCC. The minimum absolute atomic E-state index is 0.397. The lowest BCUT2D eigenvalue weighted by atomic mass is 10.5. The Morgan fingerprint density at radius 3 is 2.06 bits per heavy atom. The molecule has 0 bridgehead atoms. The first-order valence-electron chi connectivity index (χ1n) is 5.73. The van der Waals surface area contributed by atoms with E-state index in [9.17, 15) is 4.89 Å². The fourth-order valence-corrected chi connectivity index (χ4v) is 5.27. The third-order valence-corrected chi connectivity index (χ3v) is 6.26. The van der Waals surface area contributed by atoms with Crippen molar-refractivity contribution in [2.75, 3.05) is 33.5 Å². The van der Waals surface area contributed by atoms with Gasteiger partial charge in [-0.05, 0) is 20.3 Å². The van der Waals surface area contributed by atoms with Gasteiger partial charge in [-0.3, -0.25) is 0 Å². The van der Waals surface area contributed by atoms with Crippen LogP contribution in [-0.2, 0) is 13.6 Å². The Balaban J connectivity index is 5.17. The monoisotopic (exact) mass is 286 g/mol. The smallest absolute Gasteiger partial charge is 0.338 e. The first-order chi connectivity index (χ1) is 7.95. The molecule has 6 nitrogen and oxygen atoms in total.